The predicted molar refractivity (Wildman–Crippen MR) is 49.8 cm³/mol. The summed E-state index contributed by atoms with van der Waals surface area (Å²) >= 11 is 0. The summed E-state index contributed by atoms with van der Waals surface area (Å²) in [6.45, 7) is 1.89. The molecule has 3 nitrogen and oxygen atoms in total. The molecule has 3 N–H and O–H groups in total. The molecule has 72 valence electrons. The summed E-state index contributed by atoms with van der Waals surface area (Å²) in [4.78, 5) is 0. The lowest BCUT2D eigenvalue weighted by atomic mass is 10.1. The standard InChI is InChI=1S/C10H14O3/c1-2-8(11)5-7-3-4-9(12)10(13)6-7/h3-4,6,8,11-13H,2,5H2,1H3. The van der Waals surface area contributed by atoms with E-state index in [1.54, 1.807) is 6.07 Å². The van der Waals surface area contributed by atoms with E-state index in [0.717, 1.165) is 5.56 Å². The van der Waals surface area contributed by atoms with Gasteiger partial charge >= 0.3 is 0 Å². The average molecular weight is 182 g/mol. The van der Waals surface area contributed by atoms with Crippen LogP contribution in [0.3, 0.4) is 0 Å². The Morgan fingerprint density at radius 1 is 1.23 bits per heavy atom. The van der Waals surface area contributed by atoms with E-state index < -0.39 is 0 Å². The Kier molecular flexibility index (Phi) is 3.14. The number of hydrogen-bond donors (Lipinski definition) is 3. The Morgan fingerprint density at radius 3 is 2.46 bits per heavy atom. The van der Waals surface area contributed by atoms with Crippen molar-refractivity contribution in [3.8, 4) is 11.5 Å². The monoisotopic (exact) mass is 182 g/mol. The van der Waals surface area contributed by atoms with E-state index in [1.807, 2.05) is 6.92 Å². The van der Waals surface area contributed by atoms with Crippen LogP contribution in [0.1, 0.15) is 18.9 Å². The number of aliphatic hydroxyl groups excluding tert-OH is 1. The Labute approximate surface area is 77.3 Å². The van der Waals surface area contributed by atoms with E-state index >= 15 is 0 Å². The van der Waals surface area contributed by atoms with Crippen LogP contribution in [-0.4, -0.2) is 21.4 Å². The first-order valence-electron chi connectivity index (χ1n) is 4.32. The van der Waals surface area contributed by atoms with Gasteiger partial charge in [0, 0.05) is 0 Å². The molecule has 0 spiro atoms. The second-order valence-electron chi connectivity index (χ2n) is 3.09. The van der Waals surface area contributed by atoms with Gasteiger partial charge in [0.1, 0.15) is 0 Å². The van der Waals surface area contributed by atoms with Gasteiger partial charge in [-0.3, -0.25) is 0 Å². The second kappa shape index (κ2) is 4.14. The number of aromatic hydroxyl groups is 2. The van der Waals surface area contributed by atoms with E-state index in [-0.39, 0.29) is 17.6 Å². The highest BCUT2D eigenvalue weighted by molar-refractivity contribution is 5.40. The molecule has 0 aromatic heterocycles. The van der Waals surface area contributed by atoms with E-state index in [4.69, 9.17) is 10.2 Å². The summed E-state index contributed by atoms with van der Waals surface area (Å²) in [5.41, 5.74) is 0.824. The van der Waals surface area contributed by atoms with Crippen LogP contribution in [0.15, 0.2) is 18.2 Å². The molecule has 1 rings (SSSR count). The molecule has 3 heteroatoms. The first-order chi connectivity index (χ1) is 6.13. The summed E-state index contributed by atoms with van der Waals surface area (Å²) in [5, 5.41) is 27.5. The highest BCUT2D eigenvalue weighted by Crippen LogP contribution is 2.25. The van der Waals surface area contributed by atoms with Gasteiger partial charge < -0.3 is 15.3 Å². The van der Waals surface area contributed by atoms with E-state index in [0.29, 0.717) is 12.8 Å². The van der Waals surface area contributed by atoms with Crippen LogP contribution in [0, 0.1) is 0 Å². The van der Waals surface area contributed by atoms with Crippen LogP contribution in [0.4, 0.5) is 0 Å². The predicted octanol–water partition coefficient (Wildman–Crippen LogP) is 1.41. The molecule has 13 heavy (non-hydrogen) atoms. The fourth-order valence-electron chi connectivity index (χ4n) is 1.11. The maximum absolute atomic E-state index is 9.33. The molecule has 0 fully saturated rings. The van der Waals surface area contributed by atoms with Gasteiger partial charge in [0.15, 0.2) is 11.5 Å². The number of phenols is 2. The van der Waals surface area contributed by atoms with Crippen molar-refractivity contribution in [2.24, 2.45) is 0 Å². The zero-order valence-electron chi connectivity index (χ0n) is 7.57. The molecule has 0 bridgehead atoms. The van der Waals surface area contributed by atoms with Gasteiger partial charge in [-0.25, -0.2) is 0 Å². The van der Waals surface area contributed by atoms with Crippen molar-refractivity contribution in [1.82, 2.24) is 0 Å². The van der Waals surface area contributed by atoms with Crippen molar-refractivity contribution >= 4 is 0 Å². The third-order valence-electron chi connectivity index (χ3n) is 1.98. The quantitative estimate of drug-likeness (QED) is 0.619. The topological polar surface area (TPSA) is 60.7 Å². The van der Waals surface area contributed by atoms with Gasteiger partial charge in [0.2, 0.25) is 0 Å². The van der Waals surface area contributed by atoms with Gasteiger partial charge in [-0.1, -0.05) is 13.0 Å². The van der Waals surface area contributed by atoms with E-state index in [1.165, 1.54) is 12.1 Å². The second-order valence-corrected chi connectivity index (χ2v) is 3.09. The van der Waals surface area contributed by atoms with Crippen molar-refractivity contribution in [3.63, 3.8) is 0 Å². The third kappa shape index (κ3) is 2.63. The highest BCUT2D eigenvalue weighted by atomic mass is 16.3. The van der Waals surface area contributed by atoms with Gasteiger partial charge in [-0.2, -0.15) is 0 Å². The lowest BCUT2D eigenvalue weighted by molar-refractivity contribution is 0.170. The normalized spacial score (nSPS) is 12.8. The van der Waals surface area contributed by atoms with Crippen LogP contribution in [-0.2, 0) is 6.42 Å². The fourth-order valence-corrected chi connectivity index (χ4v) is 1.11. The summed E-state index contributed by atoms with van der Waals surface area (Å²) in [6, 6.07) is 4.58. The van der Waals surface area contributed by atoms with Gasteiger partial charge in [-0.15, -0.1) is 0 Å². The largest absolute Gasteiger partial charge is 0.504 e. The summed E-state index contributed by atoms with van der Waals surface area (Å²) < 4.78 is 0. The molecule has 0 radical (unpaired) electrons. The highest BCUT2D eigenvalue weighted by Gasteiger charge is 2.05. The Bertz CT molecular complexity index is 283. The molecule has 0 aliphatic rings. The SMILES string of the molecule is CCC(O)Cc1ccc(O)c(O)c1. The van der Waals surface area contributed by atoms with Crippen LogP contribution < -0.4 is 0 Å². The molecular weight excluding hydrogens is 168 g/mol. The lowest BCUT2D eigenvalue weighted by Gasteiger charge is -2.07. The molecule has 0 saturated carbocycles. The van der Waals surface area contributed by atoms with Crippen molar-refractivity contribution in [1.29, 1.82) is 0 Å². The number of benzene rings is 1. The molecule has 0 aliphatic heterocycles. The van der Waals surface area contributed by atoms with Gasteiger partial charge in [0.05, 0.1) is 6.10 Å². The molecule has 1 unspecified atom stereocenters. The van der Waals surface area contributed by atoms with Crippen molar-refractivity contribution < 1.29 is 15.3 Å². The average Bonchev–Trinajstić information content (AvgIpc) is 2.11. The van der Waals surface area contributed by atoms with Crippen molar-refractivity contribution in [3.05, 3.63) is 23.8 Å². The number of aliphatic hydroxyl groups is 1. The van der Waals surface area contributed by atoms with Crippen LogP contribution >= 0.6 is 0 Å². The van der Waals surface area contributed by atoms with Gasteiger partial charge in [-0.05, 0) is 30.5 Å². The van der Waals surface area contributed by atoms with Crippen LogP contribution in [0.2, 0.25) is 0 Å². The Hall–Kier alpha value is -1.22. The number of phenolic OH excluding ortho intramolecular Hbond substituents is 2. The molecular formula is C10H14O3. The van der Waals surface area contributed by atoms with Crippen molar-refractivity contribution in [2.45, 2.75) is 25.9 Å². The number of rotatable bonds is 3. The minimum atomic E-state index is -0.385. The molecule has 1 aromatic carbocycles. The summed E-state index contributed by atoms with van der Waals surface area (Å²) in [5.74, 6) is -0.268. The zero-order chi connectivity index (χ0) is 9.84. The summed E-state index contributed by atoms with van der Waals surface area (Å²) in [7, 11) is 0. The lowest BCUT2D eigenvalue weighted by Crippen LogP contribution is -2.07. The van der Waals surface area contributed by atoms with Gasteiger partial charge in [0.25, 0.3) is 0 Å². The Morgan fingerprint density at radius 2 is 1.92 bits per heavy atom. The van der Waals surface area contributed by atoms with Crippen molar-refractivity contribution in [2.75, 3.05) is 0 Å². The first-order valence-corrected chi connectivity index (χ1v) is 4.32. The fraction of sp³-hybridized carbons (Fsp3) is 0.400. The molecule has 0 amide bonds. The van der Waals surface area contributed by atoms with E-state index in [9.17, 15) is 5.11 Å². The van der Waals surface area contributed by atoms with Crippen LogP contribution in [0.25, 0.3) is 0 Å². The molecule has 0 saturated heterocycles. The molecule has 1 atom stereocenters. The maximum atomic E-state index is 9.33. The minimum Gasteiger partial charge on any atom is -0.504 e. The maximum Gasteiger partial charge on any atom is 0.157 e. The molecule has 0 heterocycles. The molecule has 0 aliphatic carbocycles. The first kappa shape index (κ1) is 9.86. The van der Waals surface area contributed by atoms with Crippen LogP contribution in [0.5, 0.6) is 11.5 Å². The summed E-state index contributed by atoms with van der Waals surface area (Å²) in [6.07, 6.45) is 0.801. The third-order valence-corrected chi connectivity index (χ3v) is 1.98. The molecule has 1 aromatic rings. The number of hydrogen-bond acceptors (Lipinski definition) is 3. The zero-order valence-corrected chi connectivity index (χ0v) is 7.57. The minimum absolute atomic E-state index is 0.130. The smallest absolute Gasteiger partial charge is 0.157 e. The van der Waals surface area contributed by atoms with E-state index in [2.05, 4.69) is 0 Å². The Balaban J connectivity index is 2.73.